The molecular weight excluding hydrogens is 240 g/mol. The molecule has 1 aromatic carbocycles. The zero-order valence-electron chi connectivity index (χ0n) is 11.4. The molecule has 1 aliphatic carbocycles. The van der Waals surface area contributed by atoms with Gasteiger partial charge >= 0.3 is 0 Å². The van der Waals surface area contributed by atoms with Crippen molar-refractivity contribution in [2.75, 3.05) is 11.9 Å². The van der Waals surface area contributed by atoms with Crippen molar-refractivity contribution in [3.05, 3.63) is 24.3 Å². The molecule has 0 radical (unpaired) electrons. The van der Waals surface area contributed by atoms with Gasteiger partial charge in [-0.1, -0.05) is 18.9 Å². The van der Waals surface area contributed by atoms with Crippen LogP contribution in [0.2, 0.25) is 0 Å². The molecule has 4 nitrogen and oxygen atoms in total. The summed E-state index contributed by atoms with van der Waals surface area (Å²) in [4.78, 5) is 10.7. The SMILES string of the molecule is CC(Nc1cccc(OCC(N)=O)c1)C1CCCC1. The molecule has 104 valence electrons. The summed E-state index contributed by atoms with van der Waals surface area (Å²) < 4.78 is 5.30. The van der Waals surface area contributed by atoms with E-state index in [4.69, 9.17) is 10.5 Å². The van der Waals surface area contributed by atoms with Gasteiger partial charge in [0.05, 0.1) is 0 Å². The maximum absolute atomic E-state index is 10.7. The average molecular weight is 262 g/mol. The van der Waals surface area contributed by atoms with E-state index in [1.54, 1.807) is 0 Å². The summed E-state index contributed by atoms with van der Waals surface area (Å²) in [5.74, 6) is 0.968. The molecule has 0 aliphatic heterocycles. The second-order valence-electron chi connectivity index (χ2n) is 5.26. The summed E-state index contributed by atoms with van der Waals surface area (Å²) in [7, 11) is 0. The molecule has 1 amide bonds. The summed E-state index contributed by atoms with van der Waals surface area (Å²) in [6.07, 6.45) is 5.31. The first kappa shape index (κ1) is 13.7. The number of nitrogens with one attached hydrogen (secondary N) is 1. The number of anilines is 1. The van der Waals surface area contributed by atoms with E-state index in [9.17, 15) is 4.79 Å². The Morgan fingerprint density at radius 1 is 1.47 bits per heavy atom. The molecule has 1 saturated carbocycles. The largest absolute Gasteiger partial charge is 0.484 e. The number of amides is 1. The third-order valence-electron chi connectivity index (χ3n) is 3.72. The Bertz CT molecular complexity index is 428. The maximum atomic E-state index is 10.7. The number of hydrogen-bond acceptors (Lipinski definition) is 3. The molecule has 1 fully saturated rings. The van der Waals surface area contributed by atoms with Gasteiger partial charge in [-0.15, -0.1) is 0 Å². The summed E-state index contributed by atoms with van der Waals surface area (Å²) in [5.41, 5.74) is 6.09. The van der Waals surface area contributed by atoms with Crippen LogP contribution in [0.25, 0.3) is 0 Å². The lowest BCUT2D eigenvalue weighted by Gasteiger charge is -2.21. The lowest BCUT2D eigenvalue weighted by Crippen LogP contribution is -2.23. The van der Waals surface area contributed by atoms with Gasteiger partial charge in [0.2, 0.25) is 0 Å². The smallest absolute Gasteiger partial charge is 0.255 e. The molecule has 0 saturated heterocycles. The fraction of sp³-hybridized carbons (Fsp3) is 0.533. The summed E-state index contributed by atoms with van der Waals surface area (Å²) >= 11 is 0. The summed E-state index contributed by atoms with van der Waals surface area (Å²) in [6, 6.07) is 8.14. The van der Waals surface area contributed by atoms with E-state index in [0.29, 0.717) is 11.8 Å². The minimum Gasteiger partial charge on any atom is -0.484 e. The van der Waals surface area contributed by atoms with Crippen LogP contribution in [0.4, 0.5) is 5.69 Å². The van der Waals surface area contributed by atoms with E-state index < -0.39 is 5.91 Å². The molecule has 0 spiro atoms. The lowest BCUT2D eigenvalue weighted by atomic mass is 9.99. The van der Waals surface area contributed by atoms with Crippen molar-refractivity contribution in [2.45, 2.75) is 38.6 Å². The molecule has 19 heavy (non-hydrogen) atoms. The highest BCUT2D eigenvalue weighted by Crippen LogP contribution is 2.29. The van der Waals surface area contributed by atoms with Crippen molar-refractivity contribution < 1.29 is 9.53 Å². The molecule has 1 aromatic rings. The molecule has 1 unspecified atom stereocenters. The van der Waals surface area contributed by atoms with Gasteiger partial charge in [-0.2, -0.15) is 0 Å². The number of nitrogens with two attached hydrogens (primary N) is 1. The Balaban J connectivity index is 1.92. The fourth-order valence-corrected chi connectivity index (χ4v) is 2.67. The standard InChI is InChI=1S/C15H22N2O2/c1-11(12-5-2-3-6-12)17-13-7-4-8-14(9-13)19-10-15(16)18/h4,7-9,11-12,17H,2-3,5-6,10H2,1H3,(H2,16,18). The van der Waals surface area contributed by atoms with Gasteiger partial charge in [0, 0.05) is 17.8 Å². The third-order valence-corrected chi connectivity index (χ3v) is 3.72. The Labute approximate surface area is 114 Å². The van der Waals surface area contributed by atoms with Gasteiger partial charge in [-0.3, -0.25) is 4.79 Å². The topological polar surface area (TPSA) is 64.3 Å². The highest BCUT2D eigenvalue weighted by atomic mass is 16.5. The minimum absolute atomic E-state index is 0.0817. The first-order chi connectivity index (χ1) is 9.15. The second-order valence-corrected chi connectivity index (χ2v) is 5.26. The first-order valence-corrected chi connectivity index (χ1v) is 6.93. The second kappa shape index (κ2) is 6.45. The molecule has 4 heteroatoms. The number of carbonyl (C=O) groups excluding carboxylic acids is 1. The van der Waals surface area contributed by atoms with Crippen LogP contribution in [0.1, 0.15) is 32.6 Å². The molecule has 1 aliphatic rings. The number of benzene rings is 1. The maximum Gasteiger partial charge on any atom is 0.255 e. The molecule has 0 bridgehead atoms. The minimum atomic E-state index is -0.460. The molecular formula is C15H22N2O2. The van der Waals surface area contributed by atoms with Crippen LogP contribution < -0.4 is 15.8 Å². The quantitative estimate of drug-likeness (QED) is 0.828. The van der Waals surface area contributed by atoms with E-state index in [1.807, 2.05) is 24.3 Å². The Morgan fingerprint density at radius 2 is 2.21 bits per heavy atom. The Morgan fingerprint density at radius 3 is 2.89 bits per heavy atom. The summed E-state index contributed by atoms with van der Waals surface area (Å²) in [6.45, 7) is 2.15. The van der Waals surface area contributed by atoms with Crippen molar-refractivity contribution in [3.63, 3.8) is 0 Å². The van der Waals surface area contributed by atoms with Gasteiger partial charge in [0.1, 0.15) is 5.75 Å². The van der Waals surface area contributed by atoms with Crippen LogP contribution in [0, 0.1) is 5.92 Å². The van der Waals surface area contributed by atoms with Crippen molar-refractivity contribution in [1.82, 2.24) is 0 Å². The van der Waals surface area contributed by atoms with Gasteiger partial charge in [0.25, 0.3) is 5.91 Å². The monoisotopic (exact) mass is 262 g/mol. The van der Waals surface area contributed by atoms with Crippen LogP contribution in [0.3, 0.4) is 0 Å². The van der Waals surface area contributed by atoms with Crippen LogP contribution in [-0.4, -0.2) is 18.6 Å². The lowest BCUT2D eigenvalue weighted by molar-refractivity contribution is -0.119. The average Bonchev–Trinajstić information content (AvgIpc) is 2.91. The fourth-order valence-electron chi connectivity index (χ4n) is 2.67. The zero-order valence-corrected chi connectivity index (χ0v) is 11.4. The molecule has 1 atom stereocenters. The predicted octanol–water partition coefficient (Wildman–Crippen LogP) is 2.54. The van der Waals surface area contributed by atoms with Crippen molar-refractivity contribution in [1.29, 1.82) is 0 Å². The number of ether oxygens (including phenoxy) is 1. The van der Waals surface area contributed by atoms with Crippen molar-refractivity contribution >= 4 is 11.6 Å². The van der Waals surface area contributed by atoms with Gasteiger partial charge in [-0.05, 0) is 37.8 Å². The number of hydrogen-bond donors (Lipinski definition) is 2. The van der Waals surface area contributed by atoms with Gasteiger partial charge in [0.15, 0.2) is 6.61 Å². The van der Waals surface area contributed by atoms with E-state index in [-0.39, 0.29) is 6.61 Å². The van der Waals surface area contributed by atoms with Crippen molar-refractivity contribution in [2.24, 2.45) is 11.7 Å². The highest BCUT2D eigenvalue weighted by Gasteiger charge is 2.21. The first-order valence-electron chi connectivity index (χ1n) is 6.93. The normalized spacial score (nSPS) is 17.1. The summed E-state index contributed by atoms with van der Waals surface area (Å²) in [5, 5.41) is 3.52. The molecule has 0 aromatic heterocycles. The number of rotatable bonds is 6. The van der Waals surface area contributed by atoms with Crippen molar-refractivity contribution in [3.8, 4) is 5.75 Å². The van der Waals surface area contributed by atoms with Crippen LogP contribution >= 0.6 is 0 Å². The molecule has 2 rings (SSSR count). The van der Waals surface area contributed by atoms with E-state index in [0.717, 1.165) is 11.6 Å². The van der Waals surface area contributed by atoms with Crippen LogP contribution in [-0.2, 0) is 4.79 Å². The third kappa shape index (κ3) is 4.16. The number of primary amides is 1. The predicted molar refractivity (Wildman–Crippen MR) is 76.2 cm³/mol. The zero-order chi connectivity index (χ0) is 13.7. The molecule has 0 heterocycles. The van der Waals surface area contributed by atoms with Crippen LogP contribution in [0.5, 0.6) is 5.75 Å². The van der Waals surface area contributed by atoms with E-state index in [2.05, 4.69) is 12.2 Å². The van der Waals surface area contributed by atoms with Crippen LogP contribution in [0.15, 0.2) is 24.3 Å². The van der Waals surface area contributed by atoms with E-state index in [1.165, 1.54) is 25.7 Å². The highest BCUT2D eigenvalue weighted by molar-refractivity contribution is 5.75. The Kier molecular flexibility index (Phi) is 4.66. The Hall–Kier alpha value is -1.71. The van der Waals surface area contributed by atoms with Gasteiger partial charge in [-0.25, -0.2) is 0 Å². The molecule has 3 N–H and O–H groups in total. The van der Waals surface area contributed by atoms with Gasteiger partial charge < -0.3 is 15.8 Å². The van der Waals surface area contributed by atoms with E-state index >= 15 is 0 Å². The number of carbonyl (C=O) groups is 1.